The largest absolute Gasteiger partial charge is 0.371 e. The molecule has 4 heterocycles. The molecule has 25 heavy (non-hydrogen) atoms. The molecule has 130 valence electrons. The van der Waals surface area contributed by atoms with Gasteiger partial charge < -0.3 is 15.2 Å². The minimum atomic E-state index is 0.509. The van der Waals surface area contributed by atoms with Crippen LogP contribution < -0.4 is 10.2 Å². The third kappa shape index (κ3) is 2.57. The number of hydrogen-bond acceptors (Lipinski definition) is 4. The molecule has 2 aromatic heterocycles. The Balaban J connectivity index is 1.44. The van der Waals surface area contributed by atoms with E-state index in [9.17, 15) is 0 Å². The Morgan fingerprint density at radius 3 is 2.64 bits per heavy atom. The molecule has 0 unspecified atom stereocenters. The van der Waals surface area contributed by atoms with Gasteiger partial charge in [-0.2, -0.15) is 0 Å². The number of aromatic nitrogens is 3. The number of anilines is 1. The van der Waals surface area contributed by atoms with Crippen molar-refractivity contribution in [2.75, 3.05) is 31.1 Å². The van der Waals surface area contributed by atoms with Gasteiger partial charge in [0, 0.05) is 29.7 Å². The average molecular weight is 356 g/mol. The van der Waals surface area contributed by atoms with Gasteiger partial charge in [0.05, 0.1) is 5.39 Å². The van der Waals surface area contributed by atoms with Crippen LogP contribution in [-0.2, 0) is 0 Å². The van der Waals surface area contributed by atoms with Crippen molar-refractivity contribution in [3.8, 4) is 0 Å². The van der Waals surface area contributed by atoms with E-state index in [2.05, 4.69) is 43.4 Å². The van der Waals surface area contributed by atoms with E-state index in [4.69, 9.17) is 11.6 Å². The van der Waals surface area contributed by atoms with Crippen molar-refractivity contribution >= 4 is 39.2 Å². The minimum absolute atomic E-state index is 0.509. The monoisotopic (exact) mass is 355 g/mol. The second-order valence-corrected chi connectivity index (χ2v) is 7.84. The summed E-state index contributed by atoms with van der Waals surface area (Å²) >= 11 is 6.26. The molecule has 0 atom stereocenters. The van der Waals surface area contributed by atoms with Crippen molar-refractivity contribution < 1.29 is 0 Å². The molecule has 0 radical (unpaired) electrons. The fourth-order valence-electron chi connectivity index (χ4n) is 4.57. The number of hydrogen-bond donors (Lipinski definition) is 2. The van der Waals surface area contributed by atoms with E-state index in [1.165, 1.54) is 50.8 Å². The molecule has 6 heteroatoms. The zero-order valence-electron chi connectivity index (χ0n) is 14.2. The highest BCUT2D eigenvalue weighted by atomic mass is 35.5. The van der Waals surface area contributed by atoms with Crippen molar-refractivity contribution in [2.45, 2.75) is 25.7 Å². The summed E-state index contributed by atoms with van der Waals surface area (Å²) in [5, 5.41) is 6.01. The van der Waals surface area contributed by atoms with Crippen LogP contribution in [0.25, 0.3) is 21.9 Å². The van der Waals surface area contributed by atoms with Crippen LogP contribution in [0.15, 0.2) is 24.5 Å². The molecule has 1 spiro atoms. The second-order valence-electron chi connectivity index (χ2n) is 7.48. The van der Waals surface area contributed by atoms with Crippen LogP contribution >= 0.6 is 11.6 Å². The maximum atomic E-state index is 6.26. The maximum absolute atomic E-state index is 6.26. The van der Waals surface area contributed by atoms with Crippen LogP contribution in [0.1, 0.15) is 25.7 Å². The Kier molecular flexibility index (Phi) is 3.61. The highest BCUT2D eigenvalue weighted by Crippen LogP contribution is 2.41. The summed E-state index contributed by atoms with van der Waals surface area (Å²) in [6.07, 6.45) is 6.77. The molecule has 0 saturated carbocycles. The molecule has 2 fully saturated rings. The number of nitrogens with zero attached hydrogens (tertiary/aromatic N) is 3. The highest BCUT2D eigenvalue weighted by molar-refractivity contribution is 6.36. The van der Waals surface area contributed by atoms with Gasteiger partial charge in [0.2, 0.25) is 0 Å². The van der Waals surface area contributed by atoms with Crippen molar-refractivity contribution in [1.29, 1.82) is 0 Å². The molecule has 1 aromatic carbocycles. The standard InChI is InChI=1S/C19H22ClN5/c20-17-16-14-2-1-13(11-15(14)24-18(16)23-12-22-17)25-9-5-19(6-10-25)3-7-21-8-4-19/h1-2,11-12,21H,3-10H2,(H,22,23,24). The molecular formula is C19H22ClN5. The molecule has 0 aliphatic carbocycles. The lowest BCUT2D eigenvalue weighted by Crippen LogP contribution is -2.45. The van der Waals surface area contributed by atoms with Gasteiger partial charge in [-0.1, -0.05) is 11.6 Å². The number of piperidine rings is 2. The van der Waals surface area contributed by atoms with Gasteiger partial charge in [-0.15, -0.1) is 0 Å². The van der Waals surface area contributed by atoms with Crippen molar-refractivity contribution in [3.05, 3.63) is 29.7 Å². The fraction of sp³-hybridized carbons (Fsp3) is 0.474. The summed E-state index contributed by atoms with van der Waals surface area (Å²) in [4.78, 5) is 14.3. The highest BCUT2D eigenvalue weighted by Gasteiger charge is 2.35. The third-order valence-corrected chi connectivity index (χ3v) is 6.47. The first-order chi connectivity index (χ1) is 12.2. The van der Waals surface area contributed by atoms with E-state index in [0.29, 0.717) is 10.6 Å². The maximum Gasteiger partial charge on any atom is 0.143 e. The first-order valence-electron chi connectivity index (χ1n) is 9.12. The number of H-pyrrole nitrogens is 1. The van der Waals surface area contributed by atoms with Crippen LogP contribution in [0.5, 0.6) is 0 Å². The van der Waals surface area contributed by atoms with Gasteiger partial charge in [0.15, 0.2) is 0 Å². The normalized spacial score (nSPS) is 20.6. The van der Waals surface area contributed by atoms with Crippen molar-refractivity contribution in [2.24, 2.45) is 5.41 Å². The predicted molar refractivity (Wildman–Crippen MR) is 102 cm³/mol. The van der Waals surface area contributed by atoms with Crippen molar-refractivity contribution in [1.82, 2.24) is 20.3 Å². The summed E-state index contributed by atoms with van der Waals surface area (Å²) in [6, 6.07) is 6.58. The van der Waals surface area contributed by atoms with Crippen LogP contribution in [0, 0.1) is 5.41 Å². The SMILES string of the molecule is Clc1ncnc2[nH]c3cc(N4CCC5(CCNCC5)CC4)ccc3c12. The van der Waals surface area contributed by atoms with Gasteiger partial charge >= 0.3 is 0 Å². The Morgan fingerprint density at radius 2 is 1.84 bits per heavy atom. The zero-order chi connectivity index (χ0) is 16.9. The number of nitrogens with one attached hydrogen (secondary N) is 2. The molecule has 2 aliphatic heterocycles. The van der Waals surface area contributed by atoms with E-state index < -0.39 is 0 Å². The van der Waals surface area contributed by atoms with Gasteiger partial charge in [-0.25, -0.2) is 9.97 Å². The number of rotatable bonds is 1. The van der Waals surface area contributed by atoms with E-state index in [1.54, 1.807) is 0 Å². The minimum Gasteiger partial charge on any atom is -0.371 e. The van der Waals surface area contributed by atoms with Gasteiger partial charge in [-0.3, -0.25) is 0 Å². The fourth-order valence-corrected chi connectivity index (χ4v) is 4.81. The van der Waals surface area contributed by atoms with Gasteiger partial charge in [-0.05, 0) is 62.4 Å². The second kappa shape index (κ2) is 5.85. The zero-order valence-corrected chi connectivity index (χ0v) is 14.9. The Morgan fingerprint density at radius 1 is 1.04 bits per heavy atom. The van der Waals surface area contributed by atoms with Gasteiger partial charge in [0.1, 0.15) is 17.1 Å². The molecular weight excluding hydrogens is 334 g/mol. The van der Waals surface area contributed by atoms with E-state index in [0.717, 1.165) is 35.0 Å². The number of benzene rings is 1. The third-order valence-electron chi connectivity index (χ3n) is 6.18. The Hall–Kier alpha value is -1.85. The number of halogens is 1. The Bertz CT molecular complexity index is 918. The van der Waals surface area contributed by atoms with Crippen LogP contribution in [0.2, 0.25) is 5.15 Å². The van der Waals surface area contributed by atoms with Gasteiger partial charge in [0.25, 0.3) is 0 Å². The van der Waals surface area contributed by atoms with E-state index in [-0.39, 0.29) is 0 Å². The average Bonchev–Trinajstić information content (AvgIpc) is 3.02. The first kappa shape index (κ1) is 15.4. The summed E-state index contributed by atoms with van der Waals surface area (Å²) < 4.78 is 0. The summed E-state index contributed by atoms with van der Waals surface area (Å²) in [6.45, 7) is 4.66. The number of aromatic amines is 1. The molecule has 5 nitrogen and oxygen atoms in total. The van der Waals surface area contributed by atoms with Crippen molar-refractivity contribution in [3.63, 3.8) is 0 Å². The topological polar surface area (TPSA) is 56.8 Å². The van der Waals surface area contributed by atoms with Crippen LogP contribution in [0.4, 0.5) is 5.69 Å². The molecule has 0 amide bonds. The van der Waals surface area contributed by atoms with E-state index >= 15 is 0 Å². The summed E-state index contributed by atoms with van der Waals surface area (Å²) in [5.41, 5.74) is 3.75. The summed E-state index contributed by atoms with van der Waals surface area (Å²) in [7, 11) is 0. The molecule has 0 bridgehead atoms. The molecule has 2 N–H and O–H groups in total. The lowest BCUT2D eigenvalue weighted by atomic mass is 9.71. The lowest BCUT2D eigenvalue weighted by Gasteiger charge is -2.45. The lowest BCUT2D eigenvalue weighted by molar-refractivity contribution is 0.155. The quantitative estimate of drug-likeness (QED) is 0.653. The number of fused-ring (bicyclic) bond motifs is 3. The molecule has 3 aromatic rings. The Labute approximate surface area is 151 Å². The van der Waals surface area contributed by atoms with Crippen LogP contribution in [-0.4, -0.2) is 41.1 Å². The molecule has 2 saturated heterocycles. The predicted octanol–water partition coefficient (Wildman–Crippen LogP) is 3.73. The van der Waals surface area contributed by atoms with Crippen LogP contribution in [0.3, 0.4) is 0 Å². The summed E-state index contributed by atoms with van der Waals surface area (Å²) in [5.74, 6) is 0. The first-order valence-corrected chi connectivity index (χ1v) is 9.50. The molecule has 5 rings (SSSR count). The molecule has 2 aliphatic rings. The van der Waals surface area contributed by atoms with E-state index in [1.807, 2.05) is 0 Å². The smallest absolute Gasteiger partial charge is 0.143 e.